The van der Waals surface area contributed by atoms with Gasteiger partial charge >= 0.3 is 5.97 Å². The van der Waals surface area contributed by atoms with Crippen molar-refractivity contribution in [3.8, 4) is 5.69 Å². The zero-order valence-corrected chi connectivity index (χ0v) is 13.2. The molecule has 0 fully saturated rings. The number of nitrogens with one attached hydrogen (secondary N) is 1. The van der Waals surface area contributed by atoms with Crippen LogP contribution in [0, 0.1) is 0 Å². The Kier molecular flexibility index (Phi) is 2.65. The van der Waals surface area contributed by atoms with Crippen molar-refractivity contribution in [1.29, 1.82) is 0 Å². The fourth-order valence-electron chi connectivity index (χ4n) is 4.03. The van der Waals surface area contributed by atoms with Gasteiger partial charge in [0.1, 0.15) is 5.52 Å². The summed E-state index contributed by atoms with van der Waals surface area (Å²) in [6.07, 6.45) is 1.51. The minimum absolute atomic E-state index is 0.390. The molecule has 25 heavy (non-hydrogen) atoms. The average molecular weight is 331 g/mol. The second-order valence-corrected chi connectivity index (χ2v) is 6.44. The summed E-state index contributed by atoms with van der Waals surface area (Å²) in [5, 5.41) is 22.9. The second-order valence-electron chi connectivity index (χ2n) is 6.44. The second kappa shape index (κ2) is 4.68. The highest BCUT2D eigenvalue weighted by Crippen LogP contribution is 2.42. The molecule has 5 nitrogen and oxygen atoms in total. The van der Waals surface area contributed by atoms with Crippen molar-refractivity contribution in [3.05, 3.63) is 72.1 Å². The molecule has 0 bridgehead atoms. The summed E-state index contributed by atoms with van der Waals surface area (Å²) in [4.78, 5) is 14.9. The monoisotopic (exact) mass is 331 g/mol. The Bertz CT molecular complexity index is 1180. The van der Waals surface area contributed by atoms with Crippen LogP contribution in [-0.4, -0.2) is 21.2 Å². The van der Waals surface area contributed by atoms with E-state index in [-0.39, 0.29) is 0 Å². The van der Waals surface area contributed by atoms with E-state index in [0.717, 1.165) is 27.5 Å². The van der Waals surface area contributed by atoms with Gasteiger partial charge in [0.15, 0.2) is 11.8 Å². The quantitative estimate of drug-likeness (QED) is 0.494. The molecular weight excluding hydrogens is 316 g/mol. The van der Waals surface area contributed by atoms with E-state index in [1.54, 1.807) is 6.07 Å². The van der Waals surface area contributed by atoms with Gasteiger partial charge in [-0.1, -0.05) is 30.3 Å². The largest absolute Gasteiger partial charge is 0.481 e. The van der Waals surface area contributed by atoms with Crippen molar-refractivity contribution < 1.29 is 19.6 Å². The molecule has 2 aromatic carbocycles. The molecule has 0 saturated heterocycles. The van der Waals surface area contributed by atoms with Crippen LogP contribution in [0.4, 0.5) is 0 Å². The first-order valence-electron chi connectivity index (χ1n) is 8.09. The normalized spacial score (nSPS) is 18.4. The van der Waals surface area contributed by atoms with E-state index in [1.807, 2.05) is 59.3 Å². The third-order valence-electron chi connectivity index (χ3n) is 5.02. The molecule has 2 aromatic heterocycles. The van der Waals surface area contributed by atoms with E-state index in [9.17, 15) is 15.0 Å². The van der Waals surface area contributed by atoms with Crippen molar-refractivity contribution >= 4 is 27.8 Å². The maximum absolute atomic E-state index is 11.5. The van der Waals surface area contributed by atoms with Gasteiger partial charge in [0.05, 0.1) is 12.0 Å². The Balaban J connectivity index is 1.94. The molecule has 0 amide bonds. The third kappa shape index (κ3) is 1.76. The lowest BCUT2D eigenvalue weighted by molar-refractivity contribution is -0.600. The molecule has 5 rings (SSSR count). The molecule has 0 saturated carbocycles. The Morgan fingerprint density at radius 1 is 1.04 bits per heavy atom. The Morgan fingerprint density at radius 3 is 2.64 bits per heavy atom. The summed E-state index contributed by atoms with van der Waals surface area (Å²) < 4.78 is 1.88. The number of nitrogens with zero attached hydrogens (tertiary/aromatic N) is 1. The highest BCUT2D eigenvalue weighted by Gasteiger charge is 2.52. The summed E-state index contributed by atoms with van der Waals surface area (Å²) in [7, 11) is 0. The summed E-state index contributed by atoms with van der Waals surface area (Å²) in [5.74, 6) is -1.04. The van der Waals surface area contributed by atoms with E-state index in [1.165, 1.54) is 0 Å². The predicted molar refractivity (Wildman–Crippen MR) is 92.6 cm³/mol. The molecule has 1 unspecified atom stereocenters. The van der Waals surface area contributed by atoms with E-state index in [0.29, 0.717) is 11.3 Å². The van der Waals surface area contributed by atoms with Gasteiger partial charge in [0, 0.05) is 28.4 Å². The van der Waals surface area contributed by atoms with E-state index in [4.69, 9.17) is 0 Å². The summed E-state index contributed by atoms with van der Waals surface area (Å²) >= 11 is 0. The minimum atomic E-state index is -1.58. The zero-order chi connectivity index (χ0) is 17.2. The lowest BCUT2D eigenvalue weighted by Gasteiger charge is -2.17. The number of para-hydroxylation sites is 2. The van der Waals surface area contributed by atoms with Crippen LogP contribution >= 0.6 is 0 Å². The standard InChI is InChI=1S/C20H14N2O3/c23-17(24)11-20(25)14-6-2-4-8-16(14)22-10-9-13-12-5-1-3-7-15(12)21-18(13)19(20)22/h1-10,25H,11H2,(H,23,24)/p+1. The number of carboxylic acid groups (broad SMARTS) is 1. The van der Waals surface area contributed by atoms with Crippen molar-refractivity contribution in [2.75, 3.05) is 0 Å². The molecule has 1 aliphatic rings. The number of carboxylic acids is 1. The molecule has 0 spiro atoms. The van der Waals surface area contributed by atoms with E-state index >= 15 is 0 Å². The molecular formula is C20H15N2O3+. The van der Waals surface area contributed by atoms with Crippen LogP contribution in [-0.2, 0) is 10.4 Å². The maximum Gasteiger partial charge on any atom is 0.307 e. The number of fused-ring (bicyclic) bond motifs is 7. The zero-order valence-electron chi connectivity index (χ0n) is 13.2. The van der Waals surface area contributed by atoms with Gasteiger partial charge in [-0.05, 0) is 12.1 Å². The van der Waals surface area contributed by atoms with Crippen LogP contribution in [0.15, 0.2) is 60.8 Å². The van der Waals surface area contributed by atoms with Gasteiger partial charge < -0.3 is 15.2 Å². The van der Waals surface area contributed by atoms with Crippen LogP contribution < -0.4 is 4.57 Å². The van der Waals surface area contributed by atoms with Gasteiger partial charge in [0.2, 0.25) is 11.4 Å². The van der Waals surface area contributed by atoms with Crippen molar-refractivity contribution in [1.82, 2.24) is 4.98 Å². The topological polar surface area (TPSA) is 77.2 Å². The van der Waals surface area contributed by atoms with Crippen LogP contribution in [0.5, 0.6) is 0 Å². The highest BCUT2D eigenvalue weighted by atomic mass is 16.4. The molecule has 0 radical (unpaired) electrons. The van der Waals surface area contributed by atoms with Gasteiger partial charge in [-0.2, -0.15) is 4.57 Å². The first kappa shape index (κ1) is 14.2. The Hall–Kier alpha value is -3.18. The number of rotatable bonds is 2. The van der Waals surface area contributed by atoms with Crippen LogP contribution in [0.3, 0.4) is 0 Å². The molecule has 3 N–H and O–H groups in total. The summed E-state index contributed by atoms with van der Waals surface area (Å²) in [6, 6.07) is 17.3. The predicted octanol–water partition coefficient (Wildman–Crippen LogP) is 2.62. The number of hydrogen-bond donors (Lipinski definition) is 3. The van der Waals surface area contributed by atoms with Gasteiger partial charge in [-0.15, -0.1) is 0 Å². The highest BCUT2D eigenvalue weighted by molar-refractivity contribution is 6.08. The fraction of sp³-hybridized carbons (Fsp3) is 0.100. The lowest BCUT2D eigenvalue weighted by Crippen LogP contribution is -2.37. The first-order chi connectivity index (χ1) is 12.1. The van der Waals surface area contributed by atoms with Gasteiger partial charge in [-0.25, -0.2) is 0 Å². The lowest BCUT2D eigenvalue weighted by atomic mass is 9.88. The van der Waals surface area contributed by atoms with E-state index in [2.05, 4.69) is 4.98 Å². The van der Waals surface area contributed by atoms with Crippen LogP contribution in [0.2, 0.25) is 0 Å². The number of aromatic amines is 1. The molecule has 5 heteroatoms. The maximum atomic E-state index is 11.5. The average Bonchev–Trinajstić information content (AvgIpc) is 3.09. The number of pyridine rings is 1. The molecule has 122 valence electrons. The van der Waals surface area contributed by atoms with Crippen molar-refractivity contribution in [2.45, 2.75) is 12.0 Å². The number of benzene rings is 2. The number of aliphatic hydroxyl groups is 1. The fourth-order valence-corrected chi connectivity index (χ4v) is 4.03. The smallest absolute Gasteiger partial charge is 0.307 e. The number of carbonyl (C=O) groups is 1. The van der Waals surface area contributed by atoms with Crippen LogP contribution in [0.1, 0.15) is 17.7 Å². The number of aromatic nitrogens is 2. The Labute approximate surface area is 142 Å². The summed E-state index contributed by atoms with van der Waals surface area (Å²) in [5.41, 5.74) is 2.14. The molecule has 3 heterocycles. The molecule has 1 atom stereocenters. The third-order valence-corrected chi connectivity index (χ3v) is 5.02. The summed E-state index contributed by atoms with van der Waals surface area (Å²) in [6.45, 7) is 0. The molecule has 1 aliphatic heterocycles. The van der Waals surface area contributed by atoms with Crippen molar-refractivity contribution in [2.24, 2.45) is 0 Å². The first-order valence-corrected chi connectivity index (χ1v) is 8.09. The molecule has 0 aliphatic carbocycles. The number of aliphatic carboxylic acids is 1. The van der Waals surface area contributed by atoms with Crippen molar-refractivity contribution in [3.63, 3.8) is 0 Å². The minimum Gasteiger partial charge on any atom is -0.481 e. The molecule has 4 aromatic rings. The van der Waals surface area contributed by atoms with Gasteiger partial charge in [-0.3, -0.25) is 4.79 Å². The SMILES string of the molecule is O=C(O)CC1(O)c2ccccc2-[n+]2ccc3c([nH]c4ccccc43)c21. The number of hydrogen-bond acceptors (Lipinski definition) is 2. The van der Waals surface area contributed by atoms with Crippen LogP contribution in [0.25, 0.3) is 27.5 Å². The van der Waals surface area contributed by atoms with Gasteiger partial charge in [0.25, 0.3) is 0 Å². The number of H-pyrrole nitrogens is 1. The van der Waals surface area contributed by atoms with E-state index < -0.39 is 18.0 Å². The Morgan fingerprint density at radius 2 is 1.80 bits per heavy atom.